The van der Waals surface area contributed by atoms with Crippen molar-refractivity contribution in [1.82, 2.24) is 15.3 Å². The first kappa shape index (κ1) is 14.2. The summed E-state index contributed by atoms with van der Waals surface area (Å²) in [4.78, 5) is 29.1. The minimum absolute atomic E-state index is 0.0300. The first-order chi connectivity index (χ1) is 9.14. The minimum Gasteiger partial charge on any atom is -0.480 e. The zero-order valence-corrected chi connectivity index (χ0v) is 10.3. The van der Waals surface area contributed by atoms with Gasteiger partial charge in [0.25, 0.3) is 5.91 Å². The van der Waals surface area contributed by atoms with Crippen LogP contribution in [0.3, 0.4) is 0 Å². The molecule has 6 nitrogen and oxygen atoms in total. The van der Waals surface area contributed by atoms with Crippen LogP contribution in [-0.4, -0.2) is 32.5 Å². The molecule has 1 aromatic heterocycles. The molecule has 1 heterocycles. The SMILES string of the molecule is Cc1cc(C(=O)NC2(C(=O)O)CC2)nc(C(F)(F)F)n1. The number of carbonyl (C=O) groups is 2. The lowest BCUT2D eigenvalue weighted by Crippen LogP contribution is -2.43. The topological polar surface area (TPSA) is 92.2 Å². The average Bonchev–Trinajstić information content (AvgIpc) is 3.08. The summed E-state index contributed by atoms with van der Waals surface area (Å²) in [7, 11) is 0. The van der Waals surface area contributed by atoms with E-state index in [-0.39, 0.29) is 18.5 Å². The number of carbonyl (C=O) groups excluding carboxylic acids is 1. The third kappa shape index (κ3) is 2.70. The Morgan fingerprint density at radius 2 is 1.95 bits per heavy atom. The Morgan fingerprint density at radius 1 is 1.35 bits per heavy atom. The van der Waals surface area contributed by atoms with Crippen LogP contribution in [0.25, 0.3) is 0 Å². The molecule has 108 valence electrons. The predicted molar refractivity (Wildman–Crippen MR) is 58.8 cm³/mol. The highest BCUT2D eigenvalue weighted by Crippen LogP contribution is 2.35. The van der Waals surface area contributed by atoms with Crippen LogP contribution >= 0.6 is 0 Å². The second-order valence-corrected chi connectivity index (χ2v) is 4.56. The van der Waals surface area contributed by atoms with Gasteiger partial charge >= 0.3 is 12.1 Å². The number of amides is 1. The molecule has 2 N–H and O–H groups in total. The molecule has 20 heavy (non-hydrogen) atoms. The van der Waals surface area contributed by atoms with Crippen molar-refractivity contribution < 1.29 is 27.9 Å². The monoisotopic (exact) mass is 289 g/mol. The summed E-state index contributed by atoms with van der Waals surface area (Å²) >= 11 is 0. The quantitative estimate of drug-likeness (QED) is 0.870. The largest absolute Gasteiger partial charge is 0.480 e. The van der Waals surface area contributed by atoms with Crippen molar-refractivity contribution in [2.45, 2.75) is 31.5 Å². The summed E-state index contributed by atoms with van der Waals surface area (Å²) in [5.41, 5.74) is -1.91. The van der Waals surface area contributed by atoms with E-state index in [1.165, 1.54) is 6.92 Å². The van der Waals surface area contributed by atoms with Crippen LogP contribution in [0.4, 0.5) is 13.2 Å². The second kappa shape index (κ2) is 4.43. The number of aryl methyl sites for hydroxylation is 1. The fourth-order valence-corrected chi connectivity index (χ4v) is 1.61. The van der Waals surface area contributed by atoms with Crippen LogP contribution in [0.1, 0.15) is 34.8 Å². The Labute approximate surface area is 111 Å². The Kier molecular flexibility index (Phi) is 3.15. The van der Waals surface area contributed by atoms with Crippen LogP contribution in [0.15, 0.2) is 6.07 Å². The summed E-state index contributed by atoms with van der Waals surface area (Å²) in [5.74, 6) is -3.60. The number of carboxylic acid groups (broad SMARTS) is 1. The molecule has 9 heteroatoms. The molecular weight excluding hydrogens is 279 g/mol. The highest BCUT2D eigenvalue weighted by atomic mass is 19.4. The number of halogens is 3. The van der Waals surface area contributed by atoms with Crippen molar-refractivity contribution in [3.8, 4) is 0 Å². The molecule has 0 aliphatic heterocycles. The van der Waals surface area contributed by atoms with Crippen molar-refractivity contribution in [1.29, 1.82) is 0 Å². The summed E-state index contributed by atoms with van der Waals surface area (Å²) < 4.78 is 37.6. The van der Waals surface area contributed by atoms with Gasteiger partial charge in [-0.05, 0) is 25.8 Å². The van der Waals surface area contributed by atoms with Gasteiger partial charge in [0.2, 0.25) is 5.82 Å². The van der Waals surface area contributed by atoms with Crippen LogP contribution in [0.5, 0.6) is 0 Å². The molecule has 1 aliphatic carbocycles. The molecule has 1 aromatic rings. The molecule has 0 radical (unpaired) electrons. The van der Waals surface area contributed by atoms with E-state index in [0.717, 1.165) is 6.07 Å². The first-order valence-corrected chi connectivity index (χ1v) is 5.63. The number of nitrogens with one attached hydrogen (secondary N) is 1. The van der Waals surface area contributed by atoms with Gasteiger partial charge in [0.1, 0.15) is 11.2 Å². The molecule has 1 amide bonds. The molecule has 1 fully saturated rings. The van der Waals surface area contributed by atoms with E-state index in [0.29, 0.717) is 0 Å². The van der Waals surface area contributed by atoms with Gasteiger partial charge in [0.15, 0.2) is 0 Å². The maximum absolute atomic E-state index is 12.5. The highest BCUT2D eigenvalue weighted by Gasteiger charge is 2.52. The lowest BCUT2D eigenvalue weighted by molar-refractivity contribution is -0.145. The number of aliphatic carboxylic acids is 1. The van der Waals surface area contributed by atoms with Gasteiger partial charge in [-0.25, -0.2) is 14.8 Å². The van der Waals surface area contributed by atoms with Gasteiger partial charge in [-0.2, -0.15) is 13.2 Å². The third-order valence-corrected chi connectivity index (χ3v) is 2.85. The summed E-state index contributed by atoms with van der Waals surface area (Å²) in [5, 5.41) is 11.1. The lowest BCUT2D eigenvalue weighted by atomic mass is 10.2. The van der Waals surface area contributed by atoms with Crippen LogP contribution in [0, 0.1) is 6.92 Å². The number of hydrogen-bond donors (Lipinski definition) is 2. The Morgan fingerprint density at radius 3 is 2.40 bits per heavy atom. The van der Waals surface area contributed by atoms with E-state index in [4.69, 9.17) is 5.11 Å². The number of hydrogen-bond acceptors (Lipinski definition) is 4. The highest BCUT2D eigenvalue weighted by molar-refractivity contribution is 5.97. The van der Waals surface area contributed by atoms with Crippen LogP contribution < -0.4 is 5.32 Å². The molecular formula is C11H10F3N3O3. The molecule has 1 saturated carbocycles. The van der Waals surface area contributed by atoms with Gasteiger partial charge in [0, 0.05) is 5.69 Å². The van der Waals surface area contributed by atoms with E-state index >= 15 is 0 Å². The van der Waals surface area contributed by atoms with Gasteiger partial charge < -0.3 is 10.4 Å². The molecule has 0 saturated heterocycles. The maximum atomic E-state index is 12.5. The van der Waals surface area contributed by atoms with Crippen molar-refractivity contribution >= 4 is 11.9 Å². The number of aromatic nitrogens is 2. The lowest BCUT2D eigenvalue weighted by Gasteiger charge is -2.13. The maximum Gasteiger partial charge on any atom is 0.451 e. The normalized spacial score (nSPS) is 16.6. The fraction of sp³-hybridized carbons (Fsp3) is 0.455. The van der Waals surface area contributed by atoms with Crippen molar-refractivity contribution in [2.24, 2.45) is 0 Å². The molecule has 1 aliphatic rings. The zero-order valence-electron chi connectivity index (χ0n) is 10.3. The molecule has 2 rings (SSSR count). The van der Waals surface area contributed by atoms with Gasteiger partial charge in [-0.15, -0.1) is 0 Å². The first-order valence-electron chi connectivity index (χ1n) is 5.63. The van der Waals surface area contributed by atoms with Crippen molar-refractivity contribution in [3.05, 3.63) is 23.3 Å². The Balaban J connectivity index is 2.27. The molecule has 0 aromatic carbocycles. The predicted octanol–water partition coefficient (Wildman–Crippen LogP) is 1.15. The number of nitrogens with zero attached hydrogens (tertiary/aromatic N) is 2. The molecule has 0 spiro atoms. The second-order valence-electron chi connectivity index (χ2n) is 4.56. The summed E-state index contributed by atoms with van der Waals surface area (Å²) in [6.45, 7) is 1.29. The number of rotatable bonds is 3. The van der Waals surface area contributed by atoms with Gasteiger partial charge in [-0.3, -0.25) is 4.79 Å². The minimum atomic E-state index is -4.77. The number of alkyl halides is 3. The van der Waals surface area contributed by atoms with Gasteiger partial charge in [0.05, 0.1) is 0 Å². The van der Waals surface area contributed by atoms with Gasteiger partial charge in [-0.1, -0.05) is 0 Å². The van der Waals surface area contributed by atoms with E-state index in [1.54, 1.807) is 0 Å². The van der Waals surface area contributed by atoms with Crippen molar-refractivity contribution in [3.63, 3.8) is 0 Å². The van der Waals surface area contributed by atoms with E-state index in [1.807, 2.05) is 0 Å². The molecule has 0 bridgehead atoms. The van der Waals surface area contributed by atoms with Crippen LogP contribution in [-0.2, 0) is 11.0 Å². The average molecular weight is 289 g/mol. The standard InChI is InChI=1S/C11H10F3N3O3/c1-5-4-6(16-8(15-5)11(12,13)14)7(18)17-10(2-3-10)9(19)20/h4H,2-3H2,1H3,(H,17,18)(H,19,20). The smallest absolute Gasteiger partial charge is 0.451 e. The van der Waals surface area contributed by atoms with Crippen molar-refractivity contribution in [2.75, 3.05) is 0 Å². The van der Waals surface area contributed by atoms with E-state index in [2.05, 4.69) is 15.3 Å². The Bertz CT molecular complexity index is 582. The third-order valence-electron chi connectivity index (χ3n) is 2.85. The fourth-order valence-electron chi connectivity index (χ4n) is 1.61. The number of carboxylic acids is 1. The van der Waals surface area contributed by atoms with E-state index < -0.39 is 35.1 Å². The summed E-state index contributed by atoms with van der Waals surface area (Å²) in [6.07, 6.45) is -4.29. The summed E-state index contributed by atoms with van der Waals surface area (Å²) in [6, 6.07) is 1.07. The zero-order chi connectivity index (χ0) is 15.1. The van der Waals surface area contributed by atoms with E-state index in [9.17, 15) is 22.8 Å². The van der Waals surface area contributed by atoms with Crippen LogP contribution in [0.2, 0.25) is 0 Å². The molecule has 0 unspecified atom stereocenters. The Hall–Kier alpha value is -2.19. The molecule has 0 atom stereocenters.